The van der Waals surface area contributed by atoms with Gasteiger partial charge in [-0.2, -0.15) is 4.31 Å². The van der Waals surface area contributed by atoms with Crippen molar-refractivity contribution < 1.29 is 12.8 Å². The van der Waals surface area contributed by atoms with Crippen molar-refractivity contribution in [2.24, 2.45) is 0 Å². The van der Waals surface area contributed by atoms with E-state index >= 15 is 0 Å². The molecule has 0 aliphatic heterocycles. The number of hydrogen-bond donors (Lipinski definition) is 0. The smallest absolute Gasteiger partial charge is 0.207 e. The van der Waals surface area contributed by atoms with Crippen LogP contribution in [0.5, 0.6) is 0 Å². The summed E-state index contributed by atoms with van der Waals surface area (Å²) in [6.45, 7) is 0.318. The minimum atomic E-state index is -3.78. The standard InChI is InChI=1S/C14H14FNO2S2/c15-13-5-1-2-6-14(13)20(17,18)16(11-7-8-11)10-12-4-3-9-19-12/h1-6,9,11H,7-8,10H2. The van der Waals surface area contributed by atoms with E-state index in [2.05, 4.69) is 0 Å². The van der Waals surface area contributed by atoms with Crippen molar-refractivity contribution in [3.63, 3.8) is 0 Å². The van der Waals surface area contributed by atoms with Gasteiger partial charge in [0.1, 0.15) is 10.7 Å². The van der Waals surface area contributed by atoms with Crippen molar-refractivity contribution in [2.75, 3.05) is 0 Å². The lowest BCUT2D eigenvalue weighted by atomic mass is 10.3. The summed E-state index contributed by atoms with van der Waals surface area (Å²) >= 11 is 1.51. The lowest BCUT2D eigenvalue weighted by Crippen LogP contribution is -2.32. The second-order valence-electron chi connectivity index (χ2n) is 4.79. The summed E-state index contributed by atoms with van der Waals surface area (Å²) in [4.78, 5) is 0.736. The lowest BCUT2D eigenvalue weighted by molar-refractivity contribution is 0.398. The molecule has 1 aliphatic rings. The van der Waals surface area contributed by atoms with Gasteiger partial charge in [0, 0.05) is 17.5 Å². The number of nitrogens with zero attached hydrogens (tertiary/aromatic N) is 1. The van der Waals surface area contributed by atoms with E-state index in [9.17, 15) is 12.8 Å². The maximum absolute atomic E-state index is 13.8. The third kappa shape index (κ3) is 2.63. The molecule has 2 aromatic rings. The van der Waals surface area contributed by atoms with Gasteiger partial charge in [0.15, 0.2) is 0 Å². The Kier molecular flexibility index (Phi) is 3.62. The molecule has 0 atom stereocenters. The zero-order valence-corrected chi connectivity index (χ0v) is 12.3. The van der Waals surface area contributed by atoms with E-state index in [4.69, 9.17) is 0 Å². The Morgan fingerprint density at radius 2 is 1.95 bits per heavy atom. The Hall–Kier alpha value is -1.24. The fraction of sp³-hybridized carbons (Fsp3) is 0.286. The Morgan fingerprint density at radius 1 is 1.20 bits per heavy atom. The van der Waals surface area contributed by atoms with Gasteiger partial charge in [0.25, 0.3) is 0 Å². The van der Waals surface area contributed by atoms with Gasteiger partial charge in [-0.15, -0.1) is 11.3 Å². The zero-order chi connectivity index (χ0) is 14.2. The van der Waals surface area contributed by atoms with Crippen LogP contribution in [0.1, 0.15) is 17.7 Å². The van der Waals surface area contributed by atoms with Crippen LogP contribution in [0.2, 0.25) is 0 Å². The first-order valence-corrected chi connectivity index (χ1v) is 8.70. The third-order valence-corrected chi connectivity index (χ3v) is 6.06. The molecule has 0 saturated heterocycles. The highest BCUT2D eigenvalue weighted by atomic mass is 32.2. The summed E-state index contributed by atoms with van der Waals surface area (Å²) in [5, 5.41) is 1.91. The van der Waals surface area contributed by atoms with Gasteiger partial charge in [-0.05, 0) is 36.4 Å². The van der Waals surface area contributed by atoms with Crippen molar-refractivity contribution in [3.8, 4) is 0 Å². The summed E-state index contributed by atoms with van der Waals surface area (Å²) in [7, 11) is -3.78. The number of sulfonamides is 1. The molecule has 0 unspecified atom stereocenters. The maximum Gasteiger partial charge on any atom is 0.246 e. The van der Waals surface area contributed by atoms with Crippen LogP contribution in [0, 0.1) is 5.82 Å². The molecule has 1 aromatic carbocycles. The quantitative estimate of drug-likeness (QED) is 0.850. The molecule has 0 N–H and O–H groups in total. The highest BCUT2D eigenvalue weighted by Gasteiger charge is 2.39. The molecule has 1 aliphatic carbocycles. The molecule has 1 fully saturated rings. The molecule has 0 spiro atoms. The van der Waals surface area contributed by atoms with E-state index in [1.807, 2.05) is 17.5 Å². The molecule has 0 radical (unpaired) electrons. The van der Waals surface area contributed by atoms with Crippen molar-refractivity contribution in [3.05, 3.63) is 52.5 Å². The first-order valence-electron chi connectivity index (χ1n) is 6.38. The summed E-state index contributed by atoms with van der Waals surface area (Å²) in [5.74, 6) is -0.690. The number of halogens is 1. The van der Waals surface area contributed by atoms with Crippen LogP contribution < -0.4 is 0 Å². The lowest BCUT2D eigenvalue weighted by Gasteiger charge is -2.21. The van der Waals surface area contributed by atoms with Crippen LogP contribution in [0.15, 0.2) is 46.7 Å². The molecule has 6 heteroatoms. The van der Waals surface area contributed by atoms with E-state index in [-0.39, 0.29) is 10.9 Å². The Labute approximate surface area is 121 Å². The van der Waals surface area contributed by atoms with Crippen LogP contribution in [0.25, 0.3) is 0 Å². The number of thiophene rings is 1. The molecular weight excluding hydrogens is 297 g/mol. The monoisotopic (exact) mass is 311 g/mol. The van der Waals surface area contributed by atoms with Crippen molar-refractivity contribution in [1.82, 2.24) is 4.31 Å². The topological polar surface area (TPSA) is 37.4 Å². The number of hydrogen-bond acceptors (Lipinski definition) is 3. The minimum Gasteiger partial charge on any atom is -0.207 e. The number of rotatable bonds is 5. The largest absolute Gasteiger partial charge is 0.246 e. The maximum atomic E-state index is 13.8. The van der Waals surface area contributed by atoms with Gasteiger partial charge in [-0.3, -0.25) is 0 Å². The summed E-state index contributed by atoms with van der Waals surface area (Å²) in [6, 6.07) is 9.35. The van der Waals surface area contributed by atoms with Crippen LogP contribution in [-0.2, 0) is 16.6 Å². The predicted octanol–water partition coefficient (Wildman–Crippen LogP) is 3.24. The summed E-state index contributed by atoms with van der Waals surface area (Å²) < 4.78 is 40.5. The predicted molar refractivity (Wildman–Crippen MR) is 76.5 cm³/mol. The molecule has 106 valence electrons. The average Bonchev–Trinajstić information content (AvgIpc) is 3.12. The van der Waals surface area contributed by atoms with Gasteiger partial charge in [-0.25, -0.2) is 12.8 Å². The molecule has 3 nitrogen and oxygen atoms in total. The highest BCUT2D eigenvalue weighted by Crippen LogP contribution is 2.34. The SMILES string of the molecule is O=S(=O)(c1ccccc1F)N(Cc1cccs1)C1CC1. The summed E-state index contributed by atoms with van der Waals surface area (Å²) in [6.07, 6.45) is 1.69. The Balaban J connectivity index is 1.96. The minimum absolute atomic E-state index is 0.00158. The van der Waals surface area contributed by atoms with Gasteiger partial charge >= 0.3 is 0 Å². The van der Waals surface area contributed by atoms with Crippen LogP contribution >= 0.6 is 11.3 Å². The van der Waals surface area contributed by atoms with Crippen molar-refractivity contribution >= 4 is 21.4 Å². The third-order valence-electron chi connectivity index (χ3n) is 3.27. The zero-order valence-electron chi connectivity index (χ0n) is 10.7. The van der Waals surface area contributed by atoms with E-state index < -0.39 is 15.8 Å². The molecule has 1 heterocycles. The van der Waals surface area contributed by atoms with E-state index in [1.165, 1.54) is 33.8 Å². The molecule has 0 bridgehead atoms. The fourth-order valence-electron chi connectivity index (χ4n) is 2.11. The Morgan fingerprint density at radius 3 is 2.55 bits per heavy atom. The second-order valence-corrected chi connectivity index (χ2v) is 7.68. The molecular formula is C14H14FNO2S2. The van der Waals surface area contributed by atoms with Gasteiger partial charge in [0.05, 0.1) is 0 Å². The Bertz CT molecular complexity index is 694. The van der Waals surface area contributed by atoms with Gasteiger partial charge in [-0.1, -0.05) is 18.2 Å². The second kappa shape index (κ2) is 5.27. The molecule has 1 saturated carbocycles. The van der Waals surface area contributed by atoms with E-state index in [0.717, 1.165) is 17.7 Å². The van der Waals surface area contributed by atoms with Crippen molar-refractivity contribution in [1.29, 1.82) is 0 Å². The van der Waals surface area contributed by atoms with E-state index in [1.54, 1.807) is 6.07 Å². The van der Waals surface area contributed by atoms with Crippen LogP contribution in [0.4, 0.5) is 4.39 Å². The fourth-order valence-corrected chi connectivity index (χ4v) is 4.62. The van der Waals surface area contributed by atoms with Crippen LogP contribution in [-0.4, -0.2) is 18.8 Å². The van der Waals surface area contributed by atoms with Gasteiger partial charge < -0.3 is 0 Å². The number of benzene rings is 1. The average molecular weight is 311 g/mol. The first-order chi connectivity index (χ1) is 9.59. The first kappa shape index (κ1) is 13.7. The van der Waals surface area contributed by atoms with Crippen LogP contribution in [0.3, 0.4) is 0 Å². The molecule has 20 heavy (non-hydrogen) atoms. The molecule has 1 aromatic heterocycles. The van der Waals surface area contributed by atoms with Gasteiger partial charge in [0.2, 0.25) is 10.0 Å². The molecule has 0 amide bonds. The summed E-state index contributed by atoms with van der Waals surface area (Å²) in [5.41, 5.74) is 0. The normalized spacial score (nSPS) is 15.7. The van der Waals surface area contributed by atoms with Crippen molar-refractivity contribution in [2.45, 2.75) is 30.3 Å². The van der Waals surface area contributed by atoms with E-state index in [0.29, 0.717) is 6.54 Å². The highest BCUT2D eigenvalue weighted by molar-refractivity contribution is 7.89. The molecule has 3 rings (SSSR count).